The molecule has 34 heavy (non-hydrogen) atoms. The summed E-state index contributed by atoms with van der Waals surface area (Å²) in [6.45, 7) is 9.49. The molecule has 1 amide bonds. The fraction of sp³-hybridized carbons (Fsp3) is 0.444. The molecule has 1 saturated heterocycles. The molecule has 178 valence electrons. The van der Waals surface area contributed by atoms with Gasteiger partial charge in [-0.05, 0) is 76.3 Å². The third-order valence-corrected chi connectivity index (χ3v) is 7.41. The third kappa shape index (κ3) is 3.63. The van der Waals surface area contributed by atoms with E-state index in [1.807, 2.05) is 58.0 Å². The maximum absolute atomic E-state index is 15.6. The summed E-state index contributed by atoms with van der Waals surface area (Å²) in [5.41, 5.74) is 3.41. The highest BCUT2D eigenvalue weighted by Gasteiger charge is 2.42. The molecule has 1 aromatic heterocycles. The van der Waals surface area contributed by atoms with Crippen LogP contribution in [0.1, 0.15) is 68.1 Å². The Morgan fingerprint density at radius 3 is 2.79 bits per heavy atom. The first-order valence-electron chi connectivity index (χ1n) is 12.0. The molecule has 2 aromatic carbocycles. The second-order valence-electron chi connectivity index (χ2n) is 10.2. The first kappa shape index (κ1) is 22.7. The number of carbonyl (C=O) groups is 1. The number of nitrogens with zero attached hydrogens (tertiary/aromatic N) is 3. The number of hydrogen-bond donors (Lipinski definition) is 2. The minimum absolute atomic E-state index is 0.0569. The SMILES string of the molecule is Cc1nc(N[C@H](C)c2cccc(C3CCCNC3)c2F)c2cc3c(cc2n1)C(C)(C)C(=O)N3C. The van der Waals surface area contributed by atoms with E-state index in [0.717, 1.165) is 53.6 Å². The van der Waals surface area contributed by atoms with E-state index in [0.29, 0.717) is 17.2 Å². The van der Waals surface area contributed by atoms with E-state index in [1.165, 1.54) is 0 Å². The van der Waals surface area contributed by atoms with Crippen LogP contribution in [0.3, 0.4) is 0 Å². The standard InChI is InChI=1S/C27H32FN5O/c1-15(18-9-6-10-19(24(18)28)17-8-7-11-29-14-17)30-25-20-12-23-21(13-22(20)31-16(2)32-25)27(3,4)26(34)33(23)5/h6,9-10,12-13,15,17,29H,7-8,11,14H2,1-5H3,(H,30,31,32)/t15-,17?/m1/s1. The van der Waals surface area contributed by atoms with Crippen molar-refractivity contribution in [2.45, 2.75) is 57.9 Å². The summed E-state index contributed by atoms with van der Waals surface area (Å²) in [5.74, 6) is 1.38. The molecule has 2 atom stereocenters. The zero-order chi connectivity index (χ0) is 24.2. The Kier molecular flexibility index (Phi) is 5.55. The van der Waals surface area contributed by atoms with E-state index < -0.39 is 5.41 Å². The Hall–Kier alpha value is -3.06. The monoisotopic (exact) mass is 461 g/mol. The highest BCUT2D eigenvalue weighted by molar-refractivity contribution is 6.10. The summed E-state index contributed by atoms with van der Waals surface area (Å²) < 4.78 is 15.6. The van der Waals surface area contributed by atoms with Gasteiger partial charge in [0.2, 0.25) is 5.91 Å². The normalized spacial score (nSPS) is 20.5. The summed E-state index contributed by atoms with van der Waals surface area (Å²) in [5, 5.41) is 7.64. The third-order valence-electron chi connectivity index (χ3n) is 7.41. The lowest BCUT2D eigenvalue weighted by atomic mass is 9.85. The van der Waals surface area contributed by atoms with Gasteiger partial charge >= 0.3 is 0 Å². The summed E-state index contributed by atoms with van der Waals surface area (Å²) in [6, 6.07) is 9.37. The van der Waals surface area contributed by atoms with E-state index >= 15 is 4.39 Å². The lowest BCUT2D eigenvalue weighted by molar-refractivity contribution is -0.121. The highest BCUT2D eigenvalue weighted by atomic mass is 19.1. The highest BCUT2D eigenvalue weighted by Crippen LogP contribution is 2.43. The second-order valence-corrected chi connectivity index (χ2v) is 10.2. The first-order chi connectivity index (χ1) is 16.2. The summed E-state index contributed by atoms with van der Waals surface area (Å²) in [7, 11) is 1.80. The number of benzene rings is 2. The van der Waals surface area contributed by atoms with Gasteiger partial charge in [-0.15, -0.1) is 0 Å². The number of likely N-dealkylation sites (N-methyl/N-ethyl adjacent to an activating group) is 1. The van der Waals surface area contributed by atoms with E-state index in [-0.39, 0.29) is 23.7 Å². The molecule has 3 heterocycles. The fourth-order valence-corrected chi connectivity index (χ4v) is 5.43. The zero-order valence-electron chi connectivity index (χ0n) is 20.5. The molecule has 5 rings (SSSR count). The van der Waals surface area contributed by atoms with Crippen molar-refractivity contribution < 1.29 is 9.18 Å². The summed E-state index contributed by atoms with van der Waals surface area (Å²) >= 11 is 0. The molecule has 7 heteroatoms. The number of carbonyl (C=O) groups excluding carboxylic acids is 1. The smallest absolute Gasteiger partial charge is 0.236 e. The first-order valence-corrected chi connectivity index (χ1v) is 12.0. The second kappa shape index (κ2) is 8.31. The van der Waals surface area contributed by atoms with Gasteiger partial charge in [0, 0.05) is 30.2 Å². The Labute approximate surface area is 200 Å². The molecular weight excluding hydrogens is 429 g/mol. The number of halogens is 1. The number of hydrogen-bond acceptors (Lipinski definition) is 5. The number of anilines is 2. The van der Waals surface area contributed by atoms with Crippen LogP contribution in [0, 0.1) is 12.7 Å². The molecule has 2 aliphatic heterocycles. The van der Waals surface area contributed by atoms with Crippen molar-refractivity contribution in [2.24, 2.45) is 0 Å². The summed E-state index contributed by atoms with van der Waals surface area (Å²) in [6.07, 6.45) is 2.06. The van der Waals surface area contributed by atoms with Gasteiger partial charge in [0.1, 0.15) is 17.5 Å². The Morgan fingerprint density at radius 2 is 2.06 bits per heavy atom. The molecule has 0 saturated carbocycles. The van der Waals surface area contributed by atoms with E-state index in [2.05, 4.69) is 20.6 Å². The van der Waals surface area contributed by atoms with Gasteiger partial charge in [-0.1, -0.05) is 18.2 Å². The van der Waals surface area contributed by atoms with Gasteiger partial charge in [0.25, 0.3) is 0 Å². The van der Waals surface area contributed by atoms with Crippen LogP contribution in [-0.2, 0) is 10.2 Å². The number of piperidine rings is 1. The van der Waals surface area contributed by atoms with E-state index in [1.54, 1.807) is 11.9 Å². The van der Waals surface area contributed by atoms with Crippen molar-refractivity contribution in [1.29, 1.82) is 0 Å². The van der Waals surface area contributed by atoms with Gasteiger partial charge in [0.05, 0.1) is 17.0 Å². The predicted molar refractivity (Wildman–Crippen MR) is 134 cm³/mol. The maximum atomic E-state index is 15.6. The molecule has 0 bridgehead atoms. The van der Waals surface area contributed by atoms with Gasteiger partial charge in [-0.3, -0.25) is 4.79 Å². The number of rotatable bonds is 4. The lowest BCUT2D eigenvalue weighted by Crippen LogP contribution is -2.33. The predicted octanol–water partition coefficient (Wildman–Crippen LogP) is 4.97. The Bertz CT molecular complexity index is 1280. The van der Waals surface area contributed by atoms with Crippen LogP contribution in [-0.4, -0.2) is 36.0 Å². The van der Waals surface area contributed by atoms with Crippen LogP contribution in [0.5, 0.6) is 0 Å². The minimum atomic E-state index is -0.602. The van der Waals surface area contributed by atoms with Crippen molar-refractivity contribution >= 4 is 28.3 Å². The average Bonchev–Trinajstić information content (AvgIpc) is 2.98. The molecule has 3 aromatic rings. The average molecular weight is 462 g/mol. The van der Waals surface area contributed by atoms with Crippen LogP contribution in [0.2, 0.25) is 0 Å². The molecule has 2 N–H and O–H groups in total. The van der Waals surface area contributed by atoms with Crippen LogP contribution >= 0.6 is 0 Å². The van der Waals surface area contributed by atoms with Crippen molar-refractivity contribution in [3.8, 4) is 0 Å². The van der Waals surface area contributed by atoms with E-state index in [9.17, 15) is 4.79 Å². The van der Waals surface area contributed by atoms with Crippen molar-refractivity contribution in [3.63, 3.8) is 0 Å². The molecule has 6 nitrogen and oxygen atoms in total. The summed E-state index contributed by atoms with van der Waals surface area (Å²) in [4.78, 5) is 23.8. The number of aryl methyl sites for hydroxylation is 1. The van der Waals surface area contributed by atoms with Crippen molar-refractivity contribution in [3.05, 3.63) is 58.7 Å². The minimum Gasteiger partial charge on any atom is -0.363 e. The fourth-order valence-electron chi connectivity index (χ4n) is 5.43. The van der Waals surface area contributed by atoms with Crippen LogP contribution < -0.4 is 15.5 Å². The zero-order valence-corrected chi connectivity index (χ0v) is 20.5. The molecule has 1 fully saturated rings. The molecule has 0 aliphatic carbocycles. The Balaban J connectivity index is 1.53. The van der Waals surface area contributed by atoms with Gasteiger partial charge in [0.15, 0.2) is 0 Å². The number of fused-ring (bicyclic) bond motifs is 2. The lowest BCUT2D eigenvalue weighted by Gasteiger charge is -2.25. The van der Waals surface area contributed by atoms with Crippen LogP contribution in [0.25, 0.3) is 10.9 Å². The van der Waals surface area contributed by atoms with Crippen molar-refractivity contribution in [2.75, 3.05) is 30.4 Å². The van der Waals surface area contributed by atoms with E-state index in [4.69, 9.17) is 0 Å². The number of nitrogens with one attached hydrogen (secondary N) is 2. The van der Waals surface area contributed by atoms with Crippen LogP contribution in [0.15, 0.2) is 30.3 Å². The molecule has 1 unspecified atom stereocenters. The molecule has 0 spiro atoms. The maximum Gasteiger partial charge on any atom is 0.236 e. The van der Waals surface area contributed by atoms with Gasteiger partial charge in [-0.2, -0.15) is 0 Å². The quantitative estimate of drug-likeness (QED) is 0.574. The largest absolute Gasteiger partial charge is 0.363 e. The molecule has 2 aliphatic rings. The van der Waals surface area contributed by atoms with Gasteiger partial charge in [-0.25, -0.2) is 14.4 Å². The topological polar surface area (TPSA) is 70.1 Å². The van der Waals surface area contributed by atoms with Crippen LogP contribution in [0.4, 0.5) is 15.9 Å². The molecule has 0 radical (unpaired) electrons. The number of amides is 1. The van der Waals surface area contributed by atoms with Gasteiger partial charge < -0.3 is 15.5 Å². The Morgan fingerprint density at radius 1 is 1.26 bits per heavy atom. The van der Waals surface area contributed by atoms with Crippen molar-refractivity contribution in [1.82, 2.24) is 15.3 Å². The molecular formula is C27H32FN5O. The number of aromatic nitrogens is 2.